The van der Waals surface area contributed by atoms with E-state index in [0.717, 1.165) is 28.9 Å². The van der Waals surface area contributed by atoms with E-state index in [-0.39, 0.29) is 0 Å². The van der Waals surface area contributed by atoms with E-state index >= 15 is 0 Å². The Morgan fingerprint density at radius 3 is 2.33 bits per heavy atom. The Labute approximate surface area is 129 Å². The van der Waals surface area contributed by atoms with Gasteiger partial charge < -0.3 is 5.73 Å². The summed E-state index contributed by atoms with van der Waals surface area (Å²) in [5, 5.41) is 5.41. The smallest absolute Gasteiger partial charge is 0.131 e. The molecule has 0 radical (unpaired) electrons. The van der Waals surface area contributed by atoms with Crippen molar-refractivity contribution in [2.24, 2.45) is 0 Å². The lowest BCUT2D eigenvalue weighted by atomic mass is 10.1. The lowest BCUT2D eigenvalue weighted by Crippen LogP contribution is -2.02. The molecule has 0 fully saturated rings. The number of aromatic nitrogens is 2. The van der Waals surface area contributed by atoms with Crippen molar-refractivity contribution in [2.45, 2.75) is 13.3 Å². The first kappa shape index (κ1) is 13.7. The highest BCUT2D eigenvalue weighted by Gasteiger charge is 2.16. The van der Waals surface area contributed by atoms with Crippen molar-refractivity contribution in [1.29, 1.82) is 0 Å². The molecule has 2 N–H and O–H groups in total. The predicted octanol–water partition coefficient (Wildman–Crippen LogP) is 4.34. The van der Waals surface area contributed by atoms with Gasteiger partial charge in [0.15, 0.2) is 0 Å². The first-order valence-electron chi connectivity index (χ1n) is 6.89. The van der Waals surface area contributed by atoms with Gasteiger partial charge in [0.1, 0.15) is 5.82 Å². The second kappa shape index (κ2) is 5.62. The molecule has 3 rings (SSSR count). The van der Waals surface area contributed by atoms with Gasteiger partial charge in [-0.25, -0.2) is 4.68 Å². The standard InChI is InChI=1S/C17H16ClN3/c1-2-15-16(12-8-10-13(18)11-9-12)20-21(17(15)19)14-6-4-3-5-7-14/h3-11H,2,19H2,1H3. The number of rotatable bonds is 3. The van der Waals surface area contributed by atoms with E-state index in [4.69, 9.17) is 22.4 Å². The largest absolute Gasteiger partial charge is 0.383 e. The normalized spacial score (nSPS) is 10.8. The molecule has 0 amide bonds. The number of anilines is 1. The van der Waals surface area contributed by atoms with Crippen LogP contribution < -0.4 is 5.73 Å². The Kier molecular flexibility index (Phi) is 3.67. The number of hydrogen-bond donors (Lipinski definition) is 1. The van der Waals surface area contributed by atoms with E-state index < -0.39 is 0 Å². The van der Waals surface area contributed by atoms with Gasteiger partial charge in [-0.2, -0.15) is 5.10 Å². The molecule has 0 atom stereocenters. The average Bonchev–Trinajstić information content (AvgIpc) is 2.85. The molecule has 21 heavy (non-hydrogen) atoms. The van der Waals surface area contributed by atoms with E-state index in [9.17, 15) is 0 Å². The highest BCUT2D eigenvalue weighted by molar-refractivity contribution is 6.30. The van der Waals surface area contributed by atoms with Crippen molar-refractivity contribution in [1.82, 2.24) is 9.78 Å². The molecule has 0 saturated heterocycles. The summed E-state index contributed by atoms with van der Waals surface area (Å²) >= 11 is 5.95. The maximum Gasteiger partial charge on any atom is 0.131 e. The minimum Gasteiger partial charge on any atom is -0.383 e. The molecular formula is C17H16ClN3. The van der Waals surface area contributed by atoms with E-state index in [0.29, 0.717) is 10.8 Å². The van der Waals surface area contributed by atoms with E-state index in [1.165, 1.54) is 0 Å². The zero-order chi connectivity index (χ0) is 14.8. The van der Waals surface area contributed by atoms with Crippen molar-refractivity contribution >= 4 is 17.4 Å². The topological polar surface area (TPSA) is 43.8 Å². The summed E-state index contributed by atoms with van der Waals surface area (Å²) in [6.45, 7) is 2.09. The zero-order valence-corrected chi connectivity index (χ0v) is 12.5. The van der Waals surface area contributed by atoms with Gasteiger partial charge in [0.25, 0.3) is 0 Å². The molecule has 1 aromatic heterocycles. The molecule has 0 aliphatic heterocycles. The predicted molar refractivity (Wildman–Crippen MR) is 87.8 cm³/mol. The van der Waals surface area contributed by atoms with Crippen LogP contribution in [0.3, 0.4) is 0 Å². The minimum absolute atomic E-state index is 0.689. The molecular weight excluding hydrogens is 282 g/mol. The number of hydrogen-bond acceptors (Lipinski definition) is 2. The van der Waals surface area contributed by atoms with Crippen LogP contribution in [0.2, 0.25) is 5.02 Å². The Hall–Kier alpha value is -2.26. The fourth-order valence-corrected chi connectivity index (χ4v) is 2.54. The van der Waals surface area contributed by atoms with Crippen LogP contribution in [-0.2, 0) is 6.42 Å². The van der Waals surface area contributed by atoms with Gasteiger partial charge in [0, 0.05) is 16.1 Å². The van der Waals surface area contributed by atoms with Gasteiger partial charge in [-0.3, -0.25) is 0 Å². The zero-order valence-electron chi connectivity index (χ0n) is 11.8. The number of nitrogen functional groups attached to an aromatic ring is 1. The molecule has 2 aromatic carbocycles. The van der Waals surface area contributed by atoms with Crippen molar-refractivity contribution in [3.63, 3.8) is 0 Å². The minimum atomic E-state index is 0.689. The molecule has 3 nitrogen and oxygen atoms in total. The SMILES string of the molecule is CCc1c(-c2ccc(Cl)cc2)nn(-c2ccccc2)c1N. The van der Waals surface area contributed by atoms with Crippen LogP contribution in [0, 0.1) is 0 Å². The monoisotopic (exact) mass is 297 g/mol. The number of nitrogens with two attached hydrogens (primary N) is 1. The van der Waals surface area contributed by atoms with Crippen molar-refractivity contribution in [3.8, 4) is 16.9 Å². The molecule has 0 aliphatic carbocycles. The summed E-state index contributed by atoms with van der Waals surface area (Å²) in [5.41, 5.74) is 10.2. The summed E-state index contributed by atoms with van der Waals surface area (Å²) < 4.78 is 1.79. The quantitative estimate of drug-likeness (QED) is 0.781. The van der Waals surface area contributed by atoms with Crippen LogP contribution >= 0.6 is 11.6 Å². The summed E-state index contributed by atoms with van der Waals surface area (Å²) in [5.74, 6) is 0.689. The van der Waals surface area contributed by atoms with Gasteiger partial charge in [-0.05, 0) is 30.7 Å². The van der Waals surface area contributed by atoms with Gasteiger partial charge in [0.2, 0.25) is 0 Å². The fourth-order valence-electron chi connectivity index (χ4n) is 2.42. The van der Waals surface area contributed by atoms with Crippen molar-refractivity contribution in [2.75, 3.05) is 5.73 Å². The first-order chi connectivity index (χ1) is 10.2. The molecule has 0 bridgehead atoms. The van der Waals surface area contributed by atoms with Crippen LogP contribution in [0.5, 0.6) is 0 Å². The van der Waals surface area contributed by atoms with Crippen LogP contribution in [0.4, 0.5) is 5.82 Å². The second-order valence-electron chi connectivity index (χ2n) is 4.82. The Balaban J connectivity index is 2.16. The third-order valence-electron chi connectivity index (χ3n) is 3.50. The van der Waals surface area contributed by atoms with Crippen LogP contribution in [0.25, 0.3) is 16.9 Å². The molecule has 1 heterocycles. The molecule has 3 aromatic rings. The van der Waals surface area contributed by atoms with Crippen LogP contribution in [0.15, 0.2) is 54.6 Å². The van der Waals surface area contributed by atoms with Gasteiger partial charge in [-0.15, -0.1) is 0 Å². The molecule has 0 aliphatic rings. The fraction of sp³-hybridized carbons (Fsp3) is 0.118. The van der Waals surface area contributed by atoms with E-state index in [2.05, 4.69) is 6.92 Å². The molecule has 106 valence electrons. The maximum absolute atomic E-state index is 6.29. The summed E-state index contributed by atoms with van der Waals surface area (Å²) in [6.07, 6.45) is 0.830. The van der Waals surface area contributed by atoms with Gasteiger partial charge >= 0.3 is 0 Å². The highest BCUT2D eigenvalue weighted by atomic mass is 35.5. The molecule has 0 saturated carbocycles. The summed E-state index contributed by atoms with van der Waals surface area (Å²) in [7, 11) is 0. The van der Waals surface area contributed by atoms with E-state index in [1.54, 1.807) is 4.68 Å². The number of halogens is 1. The average molecular weight is 298 g/mol. The lowest BCUT2D eigenvalue weighted by Gasteiger charge is -2.03. The summed E-state index contributed by atoms with van der Waals surface area (Å²) in [6, 6.07) is 17.6. The Morgan fingerprint density at radius 1 is 1.05 bits per heavy atom. The third-order valence-corrected chi connectivity index (χ3v) is 3.75. The van der Waals surface area contributed by atoms with Crippen LogP contribution in [0.1, 0.15) is 12.5 Å². The number of nitrogens with zero attached hydrogens (tertiary/aromatic N) is 2. The van der Waals surface area contributed by atoms with Crippen molar-refractivity contribution in [3.05, 3.63) is 65.2 Å². The lowest BCUT2D eigenvalue weighted by molar-refractivity contribution is 0.895. The van der Waals surface area contributed by atoms with Gasteiger partial charge in [0.05, 0.1) is 11.4 Å². The molecule has 0 unspecified atom stereocenters. The van der Waals surface area contributed by atoms with E-state index in [1.807, 2.05) is 54.6 Å². The summed E-state index contributed by atoms with van der Waals surface area (Å²) in [4.78, 5) is 0. The maximum atomic E-state index is 6.29. The third kappa shape index (κ3) is 2.52. The first-order valence-corrected chi connectivity index (χ1v) is 7.27. The molecule has 0 spiro atoms. The molecule has 4 heteroatoms. The number of para-hydroxylation sites is 1. The van der Waals surface area contributed by atoms with Crippen molar-refractivity contribution < 1.29 is 0 Å². The van der Waals surface area contributed by atoms with Crippen LogP contribution in [-0.4, -0.2) is 9.78 Å². The Bertz CT molecular complexity index is 746. The Morgan fingerprint density at radius 2 is 1.71 bits per heavy atom. The number of benzene rings is 2. The van der Waals surface area contributed by atoms with Gasteiger partial charge in [-0.1, -0.05) is 48.9 Å². The second-order valence-corrected chi connectivity index (χ2v) is 5.26. The highest BCUT2D eigenvalue weighted by Crippen LogP contribution is 2.30.